The minimum atomic E-state index is 0.565. The largest absolute Gasteiger partial charge is 0.692 e. The summed E-state index contributed by atoms with van der Waals surface area (Å²) in [5, 5.41) is 16.3. The van der Waals surface area contributed by atoms with Gasteiger partial charge in [0, 0.05) is 4.47 Å². The van der Waals surface area contributed by atoms with Crippen molar-refractivity contribution in [2.24, 2.45) is 0 Å². The molecule has 0 N–H and O–H groups in total. The number of fused-ring (bicyclic) bond motifs is 1. The van der Waals surface area contributed by atoms with Crippen molar-refractivity contribution in [1.82, 2.24) is 9.90 Å². The number of para-hydroxylation sites is 1. The lowest BCUT2D eigenvalue weighted by atomic mass is 10.3. The number of rotatable bonds is 1. The van der Waals surface area contributed by atoms with Crippen molar-refractivity contribution in [3.05, 3.63) is 58.2 Å². The van der Waals surface area contributed by atoms with Gasteiger partial charge in [0.05, 0.1) is 5.10 Å². The number of nitrogens with zero attached hydrogens (tertiary/aromatic N) is 3. The van der Waals surface area contributed by atoms with Crippen molar-refractivity contribution in [3.8, 4) is 5.69 Å². The van der Waals surface area contributed by atoms with Gasteiger partial charge in [-0.15, -0.1) is 4.85 Å². The molecular formula is C12H8BrN3O. The van der Waals surface area contributed by atoms with E-state index in [0.29, 0.717) is 11.0 Å². The van der Waals surface area contributed by atoms with Crippen molar-refractivity contribution in [2.45, 2.75) is 0 Å². The van der Waals surface area contributed by atoms with Gasteiger partial charge in [0.15, 0.2) is 0 Å². The Kier molecular flexibility index (Phi) is 2.33. The Labute approximate surface area is 106 Å². The average molecular weight is 290 g/mol. The van der Waals surface area contributed by atoms with Crippen LogP contribution in [0, 0.1) is 5.21 Å². The topological polar surface area (TPSA) is 44.8 Å². The van der Waals surface area contributed by atoms with Gasteiger partial charge >= 0.3 is 0 Å². The van der Waals surface area contributed by atoms with E-state index in [1.165, 1.54) is 4.80 Å². The van der Waals surface area contributed by atoms with E-state index >= 15 is 0 Å². The molecule has 17 heavy (non-hydrogen) atoms. The van der Waals surface area contributed by atoms with Gasteiger partial charge in [-0.25, -0.2) is 0 Å². The molecule has 1 heterocycles. The van der Waals surface area contributed by atoms with Crippen molar-refractivity contribution >= 4 is 27.0 Å². The van der Waals surface area contributed by atoms with Gasteiger partial charge < -0.3 is 5.21 Å². The monoisotopic (exact) mass is 289 g/mol. The molecule has 0 atom stereocenters. The van der Waals surface area contributed by atoms with Crippen LogP contribution < -0.4 is 4.85 Å². The maximum atomic E-state index is 12.0. The van der Waals surface area contributed by atoms with E-state index in [-0.39, 0.29) is 0 Å². The third kappa shape index (κ3) is 1.68. The molecule has 0 saturated carbocycles. The zero-order valence-corrected chi connectivity index (χ0v) is 10.3. The van der Waals surface area contributed by atoms with E-state index in [0.717, 1.165) is 15.0 Å². The van der Waals surface area contributed by atoms with Crippen LogP contribution in [0.2, 0.25) is 0 Å². The normalized spacial score (nSPS) is 10.9. The molecule has 1 aromatic heterocycles. The Morgan fingerprint density at radius 2 is 1.76 bits per heavy atom. The summed E-state index contributed by atoms with van der Waals surface area (Å²) in [6, 6.07) is 14.7. The second-order valence-corrected chi connectivity index (χ2v) is 4.54. The number of hydrogen-bond donors (Lipinski definition) is 0. The third-order valence-corrected chi connectivity index (χ3v) is 3.05. The highest BCUT2D eigenvalue weighted by atomic mass is 79.9. The van der Waals surface area contributed by atoms with Crippen LogP contribution in [-0.2, 0) is 0 Å². The number of hydrogen-bond acceptors (Lipinski definition) is 2. The molecule has 0 bridgehead atoms. The van der Waals surface area contributed by atoms with Gasteiger partial charge in [-0.2, -0.15) is 0 Å². The van der Waals surface area contributed by atoms with Crippen LogP contribution in [-0.4, -0.2) is 9.90 Å². The summed E-state index contributed by atoms with van der Waals surface area (Å²) in [4.78, 5) is 2.13. The van der Waals surface area contributed by atoms with E-state index in [1.54, 1.807) is 6.07 Å². The summed E-state index contributed by atoms with van der Waals surface area (Å²) in [6.45, 7) is 0. The number of aromatic nitrogens is 3. The molecule has 4 nitrogen and oxygen atoms in total. The van der Waals surface area contributed by atoms with Gasteiger partial charge in [-0.05, 0) is 41.2 Å². The van der Waals surface area contributed by atoms with Crippen molar-refractivity contribution in [1.29, 1.82) is 0 Å². The van der Waals surface area contributed by atoms with Crippen LogP contribution >= 0.6 is 15.9 Å². The fraction of sp³-hybridized carbons (Fsp3) is 0. The van der Waals surface area contributed by atoms with Crippen LogP contribution in [0.25, 0.3) is 16.7 Å². The van der Waals surface area contributed by atoms with Gasteiger partial charge in [0.2, 0.25) is 11.0 Å². The first-order valence-electron chi connectivity index (χ1n) is 5.09. The highest BCUT2D eigenvalue weighted by molar-refractivity contribution is 9.10. The fourth-order valence-corrected chi connectivity index (χ4v) is 1.96. The highest BCUT2D eigenvalue weighted by Gasteiger charge is 2.14. The predicted octanol–water partition coefficient (Wildman–Crippen LogP) is 2.42. The van der Waals surface area contributed by atoms with E-state index < -0.39 is 0 Å². The molecule has 0 saturated heterocycles. The molecule has 0 unspecified atom stereocenters. The zero-order chi connectivity index (χ0) is 11.8. The number of halogens is 1. The number of benzene rings is 2. The maximum absolute atomic E-state index is 12.0. The third-order valence-electron chi connectivity index (χ3n) is 2.52. The first kappa shape index (κ1) is 10.3. The van der Waals surface area contributed by atoms with E-state index in [4.69, 9.17) is 0 Å². The van der Waals surface area contributed by atoms with E-state index in [1.807, 2.05) is 42.5 Å². The molecule has 0 amide bonds. The Morgan fingerprint density at radius 3 is 2.47 bits per heavy atom. The summed E-state index contributed by atoms with van der Waals surface area (Å²) in [5.74, 6) is 0. The molecule has 0 radical (unpaired) electrons. The van der Waals surface area contributed by atoms with Gasteiger partial charge in [-0.1, -0.05) is 28.1 Å². The lowest BCUT2D eigenvalue weighted by Gasteiger charge is -2.03. The second-order valence-electron chi connectivity index (χ2n) is 3.63. The molecule has 0 aliphatic carbocycles. The summed E-state index contributed by atoms with van der Waals surface area (Å²) < 4.78 is 0.968. The van der Waals surface area contributed by atoms with E-state index in [9.17, 15) is 5.21 Å². The van der Waals surface area contributed by atoms with Crippen LogP contribution in [0.1, 0.15) is 0 Å². The Bertz CT molecular complexity index is 676. The lowest BCUT2D eigenvalue weighted by molar-refractivity contribution is -0.664. The minimum Gasteiger partial charge on any atom is -0.692 e. The fourth-order valence-electron chi connectivity index (χ4n) is 1.69. The van der Waals surface area contributed by atoms with E-state index in [2.05, 4.69) is 21.0 Å². The van der Waals surface area contributed by atoms with Crippen LogP contribution in [0.3, 0.4) is 0 Å². The molecule has 2 aromatic carbocycles. The Balaban J connectivity index is 2.24. The first-order chi connectivity index (χ1) is 8.25. The van der Waals surface area contributed by atoms with Gasteiger partial charge in [0.25, 0.3) is 0 Å². The molecule has 3 rings (SSSR count). The maximum Gasteiger partial charge on any atom is 0.250 e. The molecule has 5 heteroatoms. The Morgan fingerprint density at radius 1 is 1.06 bits per heavy atom. The molecule has 0 aliphatic rings. The quantitative estimate of drug-likeness (QED) is 0.510. The summed E-state index contributed by atoms with van der Waals surface area (Å²) in [6.07, 6.45) is 0. The summed E-state index contributed by atoms with van der Waals surface area (Å²) in [5.41, 5.74) is 1.99. The molecule has 0 spiro atoms. The standard InChI is InChI=1S/C12H8BrN3O/c13-9-5-7-10(8-6-9)15-14-11-3-1-2-4-12(11)16(15)17/h1-8H. The van der Waals surface area contributed by atoms with Crippen molar-refractivity contribution in [3.63, 3.8) is 0 Å². The van der Waals surface area contributed by atoms with Crippen LogP contribution in [0.5, 0.6) is 0 Å². The second kappa shape index (κ2) is 3.85. The SMILES string of the molecule is [O-][n+]1c2ccccc2nn1-c1ccc(Br)cc1. The predicted molar refractivity (Wildman–Crippen MR) is 67.7 cm³/mol. The summed E-state index contributed by atoms with van der Waals surface area (Å²) in [7, 11) is 0. The molecule has 84 valence electrons. The van der Waals surface area contributed by atoms with Crippen molar-refractivity contribution < 1.29 is 4.85 Å². The molecular weight excluding hydrogens is 282 g/mol. The lowest BCUT2D eigenvalue weighted by Crippen LogP contribution is -2.37. The van der Waals surface area contributed by atoms with Gasteiger partial charge in [-0.3, -0.25) is 0 Å². The Hall–Kier alpha value is -1.88. The molecule has 3 aromatic rings. The minimum absolute atomic E-state index is 0.565. The molecule has 0 aliphatic heterocycles. The zero-order valence-electron chi connectivity index (χ0n) is 8.75. The smallest absolute Gasteiger partial charge is 0.250 e. The highest BCUT2D eigenvalue weighted by Crippen LogP contribution is 2.14. The average Bonchev–Trinajstić information content (AvgIpc) is 2.69. The van der Waals surface area contributed by atoms with Crippen LogP contribution in [0.4, 0.5) is 0 Å². The van der Waals surface area contributed by atoms with Crippen LogP contribution in [0.15, 0.2) is 53.0 Å². The molecule has 0 fully saturated rings. The van der Waals surface area contributed by atoms with Gasteiger partial charge in [0.1, 0.15) is 5.69 Å². The first-order valence-corrected chi connectivity index (χ1v) is 5.88. The van der Waals surface area contributed by atoms with Crippen molar-refractivity contribution in [2.75, 3.05) is 0 Å². The summed E-state index contributed by atoms with van der Waals surface area (Å²) >= 11 is 3.36.